The summed E-state index contributed by atoms with van der Waals surface area (Å²) in [5.74, 6) is 0.441. The molecule has 4 rings (SSSR count). The third kappa shape index (κ3) is 7.50. The fraction of sp³-hybridized carbons (Fsp3) is 0.536. The lowest BCUT2D eigenvalue weighted by Crippen LogP contribution is -2.50. The summed E-state index contributed by atoms with van der Waals surface area (Å²) in [6, 6.07) is 8.46. The number of nitrogens with one attached hydrogen (secondary N) is 1. The van der Waals surface area contributed by atoms with Crippen LogP contribution in [0.25, 0.3) is 11.6 Å². The highest BCUT2D eigenvalue weighted by molar-refractivity contribution is 5.89. The van der Waals surface area contributed by atoms with Crippen LogP contribution in [0.1, 0.15) is 63.3 Å². The third-order valence-corrected chi connectivity index (χ3v) is 7.26. The monoisotopic (exact) mass is 539 g/mol. The molecule has 1 unspecified atom stereocenters. The number of aryl methyl sites for hydroxylation is 1. The first-order valence-electron chi connectivity index (χ1n) is 13.8. The molecule has 1 aromatic carbocycles. The summed E-state index contributed by atoms with van der Waals surface area (Å²) >= 11 is 0. The van der Waals surface area contributed by atoms with Crippen molar-refractivity contribution < 1.29 is 18.4 Å². The van der Waals surface area contributed by atoms with Crippen molar-refractivity contribution in [2.24, 2.45) is 0 Å². The molecule has 2 amide bonds. The summed E-state index contributed by atoms with van der Waals surface area (Å²) in [5, 5.41) is 15.6. The maximum absolute atomic E-state index is 13.8. The van der Waals surface area contributed by atoms with Gasteiger partial charge in [0.05, 0.1) is 0 Å². The molecule has 2 heterocycles. The molecule has 0 aliphatic heterocycles. The molecule has 1 saturated carbocycles. The third-order valence-electron chi connectivity index (χ3n) is 7.26. The molecule has 2 aromatic heterocycles. The number of likely N-dealkylation sites (N-methyl/N-ethyl adjacent to an activating group) is 1. The van der Waals surface area contributed by atoms with Crippen molar-refractivity contribution in [3.8, 4) is 11.6 Å². The molecular weight excluding hydrogens is 501 g/mol. The molecule has 3 aromatic rings. The second-order valence-corrected chi connectivity index (χ2v) is 9.97. The summed E-state index contributed by atoms with van der Waals surface area (Å²) in [5.41, 5.74) is 0.552. The Bertz CT molecular complexity index is 1220. The lowest BCUT2D eigenvalue weighted by Gasteiger charge is -2.34. The standard InChI is InChI=1S/C28H38FN7O3/c1-4-34(5-2)17-18-35(25(37)19-36-32-27(31-33-36)24-16-11-20(3)39-24)26(21-12-14-22(29)15-13-21)28(38)30-23-9-7-6-8-10-23/h11-16,23,26H,4-10,17-19H2,1-3H3,(H,30,38). The van der Waals surface area contributed by atoms with E-state index in [9.17, 15) is 14.0 Å². The van der Waals surface area contributed by atoms with Gasteiger partial charge in [-0.3, -0.25) is 9.59 Å². The fourth-order valence-electron chi connectivity index (χ4n) is 5.01. The van der Waals surface area contributed by atoms with Gasteiger partial charge in [-0.05, 0) is 67.9 Å². The van der Waals surface area contributed by atoms with E-state index in [-0.39, 0.29) is 30.2 Å². The van der Waals surface area contributed by atoms with Crippen molar-refractivity contribution in [3.05, 3.63) is 53.5 Å². The zero-order valence-electron chi connectivity index (χ0n) is 23.0. The first-order chi connectivity index (χ1) is 18.9. The predicted molar refractivity (Wildman–Crippen MR) is 144 cm³/mol. The number of aromatic nitrogens is 4. The van der Waals surface area contributed by atoms with E-state index in [2.05, 4.69) is 39.5 Å². The largest absolute Gasteiger partial charge is 0.458 e. The Kier molecular flexibility index (Phi) is 9.80. The number of benzene rings is 1. The highest BCUT2D eigenvalue weighted by atomic mass is 19.1. The van der Waals surface area contributed by atoms with Gasteiger partial charge in [0, 0.05) is 19.1 Å². The number of nitrogens with zero attached hydrogens (tertiary/aromatic N) is 6. The zero-order valence-corrected chi connectivity index (χ0v) is 23.0. The van der Waals surface area contributed by atoms with E-state index in [1.54, 1.807) is 29.2 Å². The minimum Gasteiger partial charge on any atom is -0.458 e. The summed E-state index contributed by atoms with van der Waals surface area (Å²) in [7, 11) is 0. The molecule has 0 saturated heterocycles. The van der Waals surface area contributed by atoms with Crippen molar-refractivity contribution >= 4 is 11.8 Å². The van der Waals surface area contributed by atoms with Crippen LogP contribution in [0, 0.1) is 12.7 Å². The summed E-state index contributed by atoms with van der Waals surface area (Å²) in [6.45, 7) is 8.22. The second kappa shape index (κ2) is 13.5. The minimum absolute atomic E-state index is 0.0604. The van der Waals surface area contributed by atoms with Gasteiger partial charge in [-0.15, -0.1) is 10.2 Å². The molecule has 0 bridgehead atoms. The first kappa shape index (κ1) is 28.4. The lowest BCUT2D eigenvalue weighted by molar-refractivity contribution is -0.142. The predicted octanol–water partition coefficient (Wildman–Crippen LogP) is 3.74. The van der Waals surface area contributed by atoms with Gasteiger partial charge in [0.2, 0.25) is 17.6 Å². The molecule has 10 nitrogen and oxygen atoms in total. The van der Waals surface area contributed by atoms with E-state index in [0.717, 1.165) is 45.2 Å². The SMILES string of the molecule is CCN(CC)CCN(C(=O)Cn1nnc(-c2ccc(C)o2)n1)C(C(=O)NC1CCCCC1)c1ccc(F)cc1. The van der Waals surface area contributed by atoms with Crippen LogP contribution in [-0.4, -0.2) is 74.0 Å². The van der Waals surface area contributed by atoms with Crippen molar-refractivity contribution in [2.45, 2.75) is 71.5 Å². The summed E-state index contributed by atoms with van der Waals surface area (Å²) in [4.78, 5) is 32.6. The Morgan fingerprint density at radius 3 is 2.44 bits per heavy atom. The lowest BCUT2D eigenvalue weighted by atomic mass is 9.94. The normalized spacial score (nSPS) is 14.9. The summed E-state index contributed by atoms with van der Waals surface area (Å²) in [6.07, 6.45) is 5.10. The molecule has 1 N–H and O–H groups in total. The van der Waals surface area contributed by atoms with Gasteiger partial charge < -0.3 is 19.5 Å². The molecule has 1 atom stereocenters. The fourth-order valence-corrected chi connectivity index (χ4v) is 5.01. The number of halogens is 1. The van der Waals surface area contributed by atoms with Gasteiger partial charge >= 0.3 is 0 Å². The highest BCUT2D eigenvalue weighted by Gasteiger charge is 2.33. The zero-order chi connectivity index (χ0) is 27.8. The van der Waals surface area contributed by atoms with E-state index in [0.29, 0.717) is 30.2 Å². The molecule has 210 valence electrons. The number of carbonyl (C=O) groups is 2. The highest BCUT2D eigenvalue weighted by Crippen LogP contribution is 2.25. The number of tetrazole rings is 1. The Hall–Kier alpha value is -3.60. The first-order valence-corrected chi connectivity index (χ1v) is 13.8. The van der Waals surface area contributed by atoms with Crippen molar-refractivity contribution in [1.29, 1.82) is 0 Å². The van der Waals surface area contributed by atoms with E-state index in [1.165, 1.54) is 16.9 Å². The van der Waals surface area contributed by atoms with Crippen molar-refractivity contribution in [1.82, 2.24) is 35.3 Å². The van der Waals surface area contributed by atoms with Gasteiger partial charge in [0.1, 0.15) is 24.2 Å². The Morgan fingerprint density at radius 2 is 1.79 bits per heavy atom. The summed E-state index contributed by atoms with van der Waals surface area (Å²) < 4.78 is 19.4. The maximum atomic E-state index is 13.8. The van der Waals surface area contributed by atoms with Crippen LogP contribution < -0.4 is 5.32 Å². The van der Waals surface area contributed by atoms with Crippen LogP contribution in [0.4, 0.5) is 4.39 Å². The van der Waals surface area contributed by atoms with Gasteiger partial charge in [-0.1, -0.05) is 45.2 Å². The van der Waals surface area contributed by atoms with Crippen LogP contribution in [-0.2, 0) is 16.1 Å². The number of hydrogen-bond acceptors (Lipinski definition) is 7. The van der Waals surface area contributed by atoms with E-state index < -0.39 is 11.9 Å². The number of carbonyl (C=O) groups excluding carboxylic acids is 2. The van der Waals surface area contributed by atoms with Gasteiger partial charge in [0.25, 0.3) is 0 Å². The van der Waals surface area contributed by atoms with Gasteiger partial charge in [0.15, 0.2) is 5.76 Å². The molecule has 1 aliphatic carbocycles. The van der Waals surface area contributed by atoms with Crippen LogP contribution in [0.2, 0.25) is 0 Å². The molecule has 1 fully saturated rings. The van der Waals surface area contributed by atoms with Crippen LogP contribution in [0.15, 0.2) is 40.8 Å². The van der Waals surface area contributed by atoms with Crippen molar-refractivity contribution in [2.75, 3.05) is 26.2 Å². The second-order valence-electron chi connectivity index (χ2n) is 9.97. The average Bonchev–Trinajstić information content (AvgIpc) is 3.58. The van der Waals surface area contributed by atoms with Crippen LogP contribution in [0.5, 0.6) is 0 Å². The van der Waals surface area contributed by atoms with E-state index in [4.69, 9.17) is 4.42 Å². The molecule has 0 radical (unpaired) electrons. The van der Waals surface area contributed by atoms with Gasteiger partial charge in [-0.2, -0.15) is 4.80 Å². The molecule has 11 heteroatoms. The number of rotatable bonds is 12. The number of hydrogen-bond donors (Lipinski definition) is 1. The van der Waals surface area contributed by atoms with E-state index in [1.807, 2.05) is 6.92 Å². The Morgan fingerprint density at radius 1 is 1.08 bits per heavy atom. The Balaban J connectivity index is 1.62. The molecule has 0 spiro atoms. The van der Waals surface area contributed by atoms with Crippen molar-refractivity contribution in [3.63, 3.8) is 0 Å². The molecule has 39 heavy (non-hydrogen) atoms. The minimum atomic E-state index is -0.925. The van der Waals surface area contributed by atoms with Crippen LogP contribution >= 0.6 is 0 Å². The molecular formula is C28H38FN7O3. The number of furan rings is 1. The van der Waals surface area contributed by atoms with E-state index >= 15 is 0 Å². The number of amides is 2. The Labute approximate surface area is 228 Å². The quantitative estimate of drug-likeness (QED) is 0.373. The van der Waals surface area contributed by atoms with Crippen LogP contribution in [0.3, 0.4) is 0 Å². The maximum Gasteiger partial charge on any atom is 0.247 e. The molecule has 1 aliphatic rings. The average molecular weight is 540 g/mol. The smallest absolute Gasteiger partial charge is 0.247 e. The topological polar surface area (TPSA) is 109 Å². The van der Waals surface area contributed by atoms with Gasteiger partial charge in [-0.25, -0.2) is 4.39 Å².